The zero-order valence-corrected chi connectivity index (χ0v) is 14.6. The van der Waals surface area contributed by atoms with Crippen molar-refractivity contribution >= 4 is 16.7 Å². The van der Waals surface area contributed by atoms with E-state index in [4.69, 9.17) is 0 Å². The molecule has 2 aromatic carbocycles. The maximum Gasteiger partial charge on any atom is 0.387 e. The summed E-state index contributed by atoms with van der Waals surface area (Å²) >= 11 is 0. The first-order chi connectivity index (χ1) is 12.5. The number of carbonyl (C=O) groups excluding carboxylic acids is 1. The highest BCUT2D eigenvalue weighted by atomic mass is 19.3. The maximum absolute atomic E-state index is 12.9. The number of H-pyrrole nitrogens is 1. The van der Waals surface area contributed by atoms with Crippen LogP contribution in [0, 0.1) is 0 Å². The van der Waals surface area contributed by atoms with Crippen molar-refractivity contribution in [2.24, 2.45) is 0 Å². The van der Waals surface area contributed by atoms with Crippen LogP contribution < -0.4 is 9.64 Å². The standard InChI is InChI=1S/C20H20F2N2O2/c1-13(19(25)17-11-23-18-6-4-3-5-16(17)18)24(2)12-14-7-9-15(10-8-14)26-20(21)22/h3-11,13,20,23H,12H2,1-2H3/p+1/t13-/m0/s1. The smallest absolute Gasteiger partial charge is 0.387 e. The SMILES string of the molecule is C[C@@H](C(=O)c1c[nH]c2ccccc12)[NH+](C)Cc1ccc(OC(F)F)cc1. The topological polar surface area (TPSA) is 46.5 Å². The predicted molar refractivity (Wildman–Crippen MR) is 95.8 cm³/mol. The van der Waals surface area contributed by atoms with Crippen LogP contribution >= 0.6 is 0 Å². The summed E-state index contributed by atoms with van der Waals surface area (Å²) in [7, 11) is 1.95. The number of aromatic amines is 1. The van der Waals surface area contributed by atoms with E-state index in [1.807, 2.05) is 38.2 Å². The lowest BCUT2D eigenvalue weighted by Gasteiger charge is -2.20. The largest absolute Gasteiger partial charge is 0.435 e. The minimum Gasteiger partial charge on any atom is -0.435 e. The summed E-state index contributed by atoms with van der Waals surface area (Å²) in [4.78, 5) is 17.0. The second-order valence-corrected chi connectivity index (χ2v) is 6.38. The molecular weight excluding hydrogens is 338 g/mol. The number of carbonyl (C=O) groups is 1. The number of hydrogen-bond acceptors (Lipinski definition) is 2. The monoisotopic (exact) mass is 359 g/mol. The van der Waals surface area contributed by atoms with Gasteiger partial charge in [-0.25, -0.2) is 0 Å². The molecule has 0 radical (unpaired) electrons. The summed E-state index contributed by atoms with van der Waals surface area (Å²) in [5, 5.41) is 0.922. The van der Waals surface area contributed by atoms with Gasteiger partial charge in [0.1, 0.15) is 18.3 Å². The van der Waals surface area contributed by atoms with E-state index in [2.05, 4.69) is 9.72 Å². The highest BCUT2D eigenvalue weighted by molar-refractivity contribution is 6.09. The Hall–Kier alpha value is -2.73. The first kappa shape index (κ1) is 18.1. The Labute approximate surface area is 150 Å². The van der Waals surface area contributed by atoms with Gasteiger partial charge < -0.3 is 14.6 Å². The van der Waals surface area contributed by atoms with Crippen molar-refractivity contribution in [3.63, 3.8) is 0 Å². The van der Waals surface area contributed by atoms with Crippen molar-refractivity contribution < 1.29 is 23.2 Å². The molecule has 3 rings (SSSR count). The molecule has 0 aliphatic heterocycles. The van der Waals surface area contributed by atoms with Crippen molar-refractivity contribution in [3.8, 4) is 5.75 Å². The minimum atomic E-state index is -2.83. The molecule has 1 unspecified atom stereocenters. The number of alkyl halides is 2. The molecular formula is C20H21F2N2O2+. The zero-order valence-electron chi connectivity index (χ0n) is 14.6. The van der Waals surface area contributed by atoms with Crippen molar-refractivity contribution in [2.75, 3.05) is 7.05 Å². The lowest BCUT2D eigenvalue weighted by atomic mass is 10.0. The number of Topliss-reactive ketones (excluding diaryl/α,β-unsaturated/α-hetero) is 1. The van der Waals surface area contributed by atoms with E-state index in [1.165, 1.54) is 12.1 Å². The van der Waals surface area contributed by atoms with Gasteiger partial charge in [0.15, 0.2) is 0 Å². The van der Waals surface area contributed by atoms with Crippen LogP contribution in [0.1, 0.15) is 22.8 Å². The predicted octanol–water partition coefficient (Wildman–Crippen LogP) is 3.06. The molecule has 0 saturated carbocycles. The second-order valence-electron chi connectivity index (χ2n) is 6.38. The lowest BCUT2D eigenvalue weighted by molar-refractivity contribution is -0.907. The van der Waals surface area contributed by atoms with Gasteiger partial charge >= 0.3 is 6.61 Å². The normalized spacial score (nSPS) is 13.7. The van der Waals surface area contributed by atoms with Crippen LogP contribution in [0.25, 0.3) is 10.9 Å². The summed E-state index contributed by atoms with van der Waals surface area (Å²) in [6.45, 7) is -0.333. The van der Waals surface area contributed by atoms with Crippen LogP contribution in [0.4, 0.5) is 8.78 Å². The van der Waals surface area contributed by atoms with Gasteiger partial charge in [0, 0.05) is 28.2 Å². The Morgan fingerprint density at radius 2 is 1.85 bits per heavy atom. The molecule has 0 spiro atoms. The molecule has 0 aliphatic rings. The minimum absolute atomic E-state index is 0.0672. The number of para-hydroxylation sites is 1. The third kappa shape index (κ3) is 3.91. The van der Waals surface area contributed by atoms with E-state index in [9.17, 15) is 13.6 Å². The van der Waals surface area contributed by atoms with Gasteiger partial charge in [-0.3, -0.25) is 4.79 Å². The number of ketones is 1. The molecule has 2 N–H and O–H groups in total. The number of rotatable bonds is 7. The van der Waals surface area contributed by atoms with Gasteiger partial charge in [-0.15, -0.1) is 0 Å². The highest BCUT2D eigenvalue weighted by Gasteiger charge is 2.25. The maximum atomic E-state index is 12.9. The molecule has 1 aromatic heterocycles. The van der Waals surface area contributed by atoms with Crippen LogP contribution in [-0.2, 0) is 6.54 Å². The van der Waals surface area contributed by atoms with Gasteiger partial charge in [-0.05, 0) is 37.3 Å². The summed E-state index contributed by atoms with van der Waals surface area (Å²) in [6, 6.07) is 14.0. The number of quaternary nitrogens is 1. The Morgan fingerprint density at radius 3 is 2.54 bits per heavy atom. The summed E-state index contributed by atoms with van der Waals surface area (Å²) in [5.74, 6) is 0.196. The van der Waals surface area contributed by atoms with E-state index in [1.54, 1.807) is 18.3 Å². The van der Waals surface area contributed by atoms with Crippen LogP contribution in [-0.4, -0.2) is 30.5 Å². The first-order valence-electron chi connectivity index (χ1n) is 8.42. The second kappa shape index (κ2) is 7.66. The van der Waals surface area contributed by atoms with E-state index >= 15 is 0 Å². The molecule has 136 valence electrons. The molecule has 2 atom stereocenters. The summed E-state index contributed by atoms with van der Waals surface area (Å²) in [6.07, 6.45) is 1.76. The number of ether oxygens (including phenoxy) is 1. The number of likely N-dealkylation sites (N-methyl/N-ethyl adjacent to an activating group) is 1. The van der Waals surface area contributed by atoms with Gasteiger partial charge in [-0.2, -0.15) is 8.78 Å². The van der Waals surface area contributed by atoms with Gasteiger partial charge in [-0.1, -0.05) is 18.2 Å². The average Bonchev–Trinajstić information content (AvgIpc) is 3.05. The summed E-state index contributed by atoms with van der Waals surface area (Å²) < 4.78 is 28.8. The Morgan fingerprint density at radius 1 is 1.15 bits per heavy atom. The van der Waals surface area contributed by atoms with Crippen LogP contribution in [0.15, 0.2) is 54.7 Å². The molecule has 26 heavy (non-hydrogen) atoms. The Kier molecular flexibility index (Phi) is 5.32. The Bertz CT molecular complexity index is 890. The molecule has 0 saturated heterocycles. The molecule has 0 fully saturated rings. The molecule has 0 amide bonds. The molecule has 0 aliphatic carbocycles. The molecule has 0 bridgehead atoms. The number of benzene rings is 2. The quantitative estimate of drug-likeness (QED) is 0.637. The fraction of sp³-hybridized carbons (Fsp3) is 0.250. The number of hydrogen-bond donors (Lipinski definition) is 2. The van der Waals surface area contributed by atoms with E-state index in [0.717, 1.165) is 21.4 Å². The number of fused-ring (bicyclic) bond motifs is 1. The van der Waals surface area contributed by atoms with Crippen molar-refractivity contribution in [1.29, 1.82) is 0 Å². The van der Waals surface area contributed by atoms with E-state index in [-0.39, 0.29) is 17.6 Å². The fourth-order valence-electron chi connectivity index (χ4n) is 3.00. The third-order valence-corrected chi connectivity index (χ3v) is 4.62. The molecule has 1 heterocycles. The molecule has 4 nitrogen and oxygen atoms in total. The van der Waals surface area contributed by atoms with Crippen molar-refractivity contribution in [2.45, 2.75) is 26.1 Å². The van der Waals surface area contributed by atoms with Gasteiger partial charge in [0.2, 0.25) is 5.78 Å². The lowest BCUT2D eigenvalue weighted by Crippen LogP contribution is -3.12. The zero-order chi connectivity index (χ0) is 18.7. The van der Waals surface area contributed by atoms with E-state index in [0.29, 0.717) is 12.1 Å². The van der Waals surface area contributed by atoms with E-state index < -0.39 is 6.61 Å². The van der Waals surface area contributed by atoms with Crippen LogP contribution in [0.5, 0.6) is 5.75 Å². The average molecular weight is 359 g/mol. The molecule has 3 aromatic rings. The van der Waals surface area contributed by atoms with Crippen LogP contribution in [0.3, 0.4) is 0 Å². The fourth-order valence-corrected chi connectivity index (χ4v) is 3.00. The third-order valence-electron chi connectivity index (χ3n) is 4.62. The molecule has 6 heteroatoms. The Balaban J connectivity index is 1.69. The van der Waals surface area contributed by atoms with Crippen molar-refractivity contribution in [1.82, 2.24) is 4.98 Å². The number of aromatic nitrogens is 1. The number of nitrogens with one attached hydrogen (secondary N) is 2. The highest BCUT2D eigenvalue weighted by Crippen LogP contribution is 2.19. The van der Waals surface area contributed by atoms with Crippen molar-refractivity contribution in [3.05, 3.63) is 65.9 Å². The number of halogens is 2. The van der Waals surface area contributed by atoms with Crippen LogP contribution in [0.2, 0.25) is 0 Å². The first-order valence-corrected chi connectivity index (χ1v) is 8.42. The van der Waals surface area contributed by atoms with Gasteiger partial charge in [0.25, 0.3) is 0 Å². The van der Waals surface area contributed by atoms with Gasteiger partial charge in [0.05, 0.1) is 7.05 Å². The summed E-state index contributed by atoms with van der Waals surface area (Å²) in [5.41, 5.74) is 2.58.